The van der Waals surface area contributed by atoms with E-state index < -0.39 is 22.9 Å². The number of carbonyl (C=O) groups excluding carboxylic acids is 2. The number of aliphatic imine (C=N–C) groups is 1. The van der Waals surface area contributed by atoms with Crippen molar-refractivity contribution >= 4 is 40.1 Å². The van der Waals surface area contributed by atoms with E-state index in [0.717, 1.165) is 17.8 Å². The summed E-state index contributed by atoms with van der Waals surface area (Å²) < 4.78 is 44.5. The zero-order chi connectivity index (χ0) is 22.4. The van der Waals surface area contributed by atoms with Crippen molar-refractivity contribution in [3.05, 3.63) is 60.2 Å². The highest BCUT2D eigenvalue weighted by molar-refractivity contribution is 8.15. The monoisotopic (exact) mass is 451 g/mol. The zero-order valence-electron chi connectivity index (χ0n) is 16.6. The molecule has 1 saturated heterocycles. The number of hydrogen-bond donors (Lipinski definition) is 1. The number of benzene rings is 2. The number of nitrogens with one attached hydrogen (secondary N) is 1. The molecule has 1 heterocycles. The van der Waals surface area contributed by atoms with E-state index >= 15 is 0 Å². The highest BCUT2D eigenvalue weighted by atomic mass is 32.2. The normalized spacial score (nSPS) is 17.9. The van der Waals surface area contributed by atoms with Crippen molar-refractivity contribution in [1.29, 1.82) is 0 Å². The molecule has 0 unspecified atom stereocenters. The second-order valence-electron chi connectivity index (χ2n) is 6.61. The standard InChI is InChI=1S/C21H20F3N3O3S/c1-30-12-11-27-19(29)17(31-20(27)25-14-7-3-2-4-8-14)13-18(28)26-16-10-6-5-9-15(16)21(22,23)24/h2-10,17H,11-13H2,1H3,(H,26,28)/t17-/m1/s1. The molecular formula is C21H20F3N3O3S. The Morgan fingerprint density at radius 3 is 2.52 bits per heavy atom. The number of nitrogens with zero attached hydrogens (tertiary/aromatic N) is 2. The van der Waals surface area contributed by atoms with Crippen molar-refractivity contribution in [3.63, 3.8) is 0 Å². The number of ether oxygens (including phenoxy) is 1. The minimum atomic E-state index is -4.60. The van der Waals surface area contributed by atoms with Crippen molar-refractivity contribution in [3.8, 4) is 0 Å². The van der Waals surface area contributed by atoms with Crippen molar-refractivity contribution in [2.45, 2.75) is 17.8 Å². The molecule has 0 saturated carbocycles. The topological polar surface area (TPSA) is 71.0 Å². The third-order valence-electron chi connectivity index (χ3n) is 4.40. The van der Waals surface area contributed by atoms with Gasteiger partial charge < -0.3 is 10.1 Å². The summed E-state index contributed by atoms with van der Waals surface area (Å²) in [6.45, 7) is 0.529. The van der Waals surface area contributed by atoms with Crippen LogP contribution in [-0.2, 0) is 20.5 Å². The van der Waals surface area contributed by atoms with Gasteiger partial charge in [-0.05, 0) is 24.3 Å². The van der Waals surface area contributed by atoms with Gasteiger partial charge in [0.25, 0.3) is 0 Å². The number of methoxy groups -OCH3 is 1. The molecule has 1 fully saturated rings. The van der Waals surface area contributed by atoms with Crippen LogP contribution in [0.4, 0.5) is 24.5 Å². The van der Waals surface area contributed by atoms with Crippen LogP contribution in [0.5, 0.6) is 0 Å². The zero-order valence-corrected chi connectivity index (χ0v) is 17.4. The van der Waals surface area contributed by atoms with E-state index in [1.807, 2.05) is 18.2 Å². The van der Waals surface area contributed by atoms with Crippen LogP contribution in [0.1, 0.15) is 12.0 Å². The molecule has 2 aromatic carbocycles. The predicted molar refractivity (Wildman–Crippen MR) is 113 cm³/mol. The molecule has 1 aliphatic heterocycles. The summed E-state index contributed by atoms with van der Waals surface area (Å²) in [5.74, 6) is -1.02. The summed E-state index contributed by atoms with van der Waals surface area (Å²) in [5, 5.41) is 1.90. The Morgan fingerprint density at radius 1 is 1.16 bits per heavy atom. The second kappa shape index (κ2) is 9.97. The van der Waals surface area contributed by atoms with E-state index in [4.69, 9.17) is 4.74 Å². The number of halogens is 3. The molecule has 1 aliphatic rings. The van der Waals surface area contributed by atoms with E-state index in [1.165, 1.54) is 30.2 Å². The van der Waals surface area contributed by atoms with Crippen LogP contribution in [0.25, 0.3) is 0 Å². The Kier molecular flexibility index (Phi) is 7.34. The quantitative estimate of drug-likeness (QED) is 0.681. The molecule has 31 heavy (non-hydrogen) atoms. The number of thioether (sulfide) groups is 1. The first-order chi connectivity index (χ1) is 14.8. The fraction of sp³-hybridized carbons (Fsp3) is 0.286. The van der Waals surface area contributed by atoms with Gasteiger partial charge in [-0.2, -0.15) is 13.2 Å². The molecule has 6 nitrogen and oxygen atoms in total. The summed E-state index contributed by atoms with van der Waals surface area (Å²) in [5.41, 5.74) is -0.643. The van der Waals surface area contributed by atoms with E-state index in [9.17, 15) is 22.8 Å². The van der Waals surface area contributed by atoms with Crippen molar-refractivity contribution < 1.29 is 27.5 Å². The van der Waals surface area contributed by atoms with E-state index in [0.29, 0.717) is 10.9 Å². The lowest BCUT2D eigenvalue weighted by atomic mass is 10.1. The second-order valence-corrected chi connectivity index (χ2v) is 7.78. The molecule has 3 rings (SSSR count). The van der Waals surface area contributed by atoms with Crippen LogP contribution < -0.4 is 5.32 Å². The number of para-hydroxylation sites is 2. The Hall–Kier alpha value is -2.85. The van der Waals surface area contributed by atoms with E-state index in [-0.39, 0.29) is 31.2 Å². The van der Waals surface area contributed by atoms with Crippen LogP contribution in [0, 0.1) is 0 Å². The maximum Gasteiger partial charge on any atom is 0.418 e. The summed E-state index contributed by atoms with van der Waals surface area (Å²) in [4.78, 5) is 31.2. The fourth-order valence-electron chi connectivity index (χ4n) is 2.94. The van der Waals surface area contributed by atoms with Gasteiger partial charge in [0.15, 0.2) is 5.17 Å². The highest BCUT2D eigenvalue weighted by Gasteiger charge is 2.39. The molecule has 2 amide bonds. The number of alkyl halides is 3. The summed E-state index contributed by atoms with van der Waals surface area (Å²) >= 11 is 1.11. The Morgan fingerprint density at radius 2 is 1.84 bits per heavy atom. The molecule has 0 aromatic heterocycles. The highest BCUT2D eigenvalue weighted by Crippen LogP contribution is 2.35. The van der Waals surface area contributed by atoms with Gasteiger partial charge in [-0.25, -0.2) is 4.99 Å². The maximum atomic E-state index is 13.1. The van der Waals surface area contributed by atoms with Gasteiger partial charge in [-0.15, -0.1) is 0 Å². The smallest absolute Gasteiger partial charge is 0.383 e. The summed E-state index contributed by atoms with van der Waals surface area (Å²) in [6, 6.07) is 13.7. The molecule has 0 aliphatic carbocycles. The number of rotatable bonds is 7. The van der Waals surface area contributed by atoms with Gasteiger partial charge in [0, 0.05) is 13.5 Å². The first kappa shape index (κ1) is 22.8. The van der Waals surface area contributed by atoms with Gasteiger partial charge in [-0.1, -0.05) is 42.1 Å². The van der Waals surface area contributed by atoms with Crippen molar-refractivity contribution in [2.75, 3.05) is 25.6 Å². The number of anilines is 1. The van der Waals surface area contributed by atoms with Crippen LogP contribution in [0.15, 0.2) is 59.6 Å². The molecule has 0 bridgehead atoms. The molecule has 1 N–H and O–H groups in total. The van der Waals surface area contributed by atoms with Gasteiger partial charge in [-0.3, -0.25) is 14.5 Å². The van der Waals surface area contributed by atoms with Crippen LogP contribution >= 0.6 is 11.8 Å². The number of hydrogen-bond acceptors (Lipinski definition) is 5. The number of carbonyl (C=O) groups is 2. The SMILES string of the molecule is COCCN1C(=O)[C@@H](CC(=O)Nc2ccccc2C(F)(F)F)SC1=Nc1ccccc1. The van der Waals surface area contributed by atoms with Crippen LogP contribution in [0.2, 0.25) is 0 Å². The molecule has 164 valence electrons. The predicted octanol–water partition coefficient (Wildman–Crippen LogP) is 4.31. The lowest BCUT2D eigenvalue weighted by Crippen LogP contribution is -2.35. The van der Waals surface area contributed by atoms with Crippen molar-refractivity contribution in [2.24, 2.45) is 4.99 Å². The summed E-state index contributed by atoms with van der Waals surface area (Å²) in [6.07, 6.45) is -4.89. The van der Waals surface area contributed by atoms with Crippen LogP contribution in [-0.4, -0.2) is 47.4 Å². The fourth-order valence-corrected chi connectivity index (χ4v) is 4.12. The Labute approximate surface area is 181 Å². The first-order valence-corrected chi connectivity index (χ1v) is 10.2. The average molecular weight is 451 g/mol. The molecule has 1 atom stereocenters. The average Bonchev–Trinajstić information content (AvgIpc) is 3.00. The Balaban J connectivity index is 1.75. The largest absolute Gasteiger partial charge is 0.418 e. The number of amidine groups is 1. The van der Waals surface area contributed by atoms with Crippen LogP contribution in [0.3, 0.4) is 0 Å². The van der Waals surface area contributed by atoms with E-state index in [2.05, 4.69) is 10.3 Å². The van der Waals surface area contributed by atoms with E-state index in [1.54, 1.807) is 12.1 Å². The first-order valence-electron chi connectivity index (χ1n) is 9.36. The van der Waals surface area contributed by atoms with Crippen molar-refractivity contribution in [1.82, 2.24) is 4.90 Å². The molecule has 10 heteroatoms. The van der Waals surface area contributed by atoms with Gasteiger partial charge in [0.05, 0.1) is 30.1 Å². The minimum absolute atomic E-state index is 0.253. The lowest BCUT2D eigenvalue weighted by Gasteiger charge is -2.16. The molecular weight excluding hydrogens is 431 g/mol. The molecule has 0 radical (unpaired) electrons. The van der Waals surface area contributed by atoms with Gasteiger partial charge >= 0.3 is 6.18 Å². The molecule has 0 spiro atoms. The van der Waals surface area contributed by atoms with Gasteiger partial charge in [0.1, 0.15) is 5.25 Å². The number of amides is 2. The third kappa shape index (κ3) is 5.86. The lowest BCUT2D eigenvalue weighted by molar-refractivity contribution is -0.137. The van der Waals surface area contributed by atoms with Gasteiger partial charge in [0.2, 0.25) is 11.8 Å². The minimum Gasteiger partial charge on any atom is -0.383 e. The maximum absolute atomic E-state index is 13.1. The summed E-state index contributed by atoms with van der Waals surface area (Å²) in [7, 11) is 1.50. The molecule has 2 aromatic rings. The third-order valence-corrected chi connectivity index (χ3v) is 5.57. The Bertz CT molecular complexity index is 967.